The molecule has 1 saturated heterocycles. The van der Waals surface area contributed by atoms with Crippen LogP contribution in [0.5, 0.6) is 0 Å². The maximum Gasteiger partial charge on any atom is 0.321 e. The SMILES string of the molecule is O=C1NC(=O)[C@]2(F)CC3(CCCCCC3)[C@H]2N1. The summed E-state index contributed by atoms with van der Waals surface area (Å²) < 4.78 is 14.5. The summed E-state index contributed by atoms with van der Waals surface area (Å²) in [5.41, 5.74) is -2.03. The maximum atomic E-state index is 14.5. The van der Waals surface area contributed by atoms with Crippen molar-refractivity contribution < 1.29 is 14.0 Å². The molecule has 17 heavy (non-hydrogen) atoms. The number of rotatable bonds is 0. The molecule has 3 fully saturated rings. The molecule has 0 aromatic rings. The van der Waals surface area contributed by atoms with Crippen LogP contribution in [0.1, 0.15) is 44.9 Å². The van der Waals surface area contributed by atoms with Crippen LogP contribution in [-0.2, 0) is 4.79 Å². The number of fused-ring (bicyclic) bond motifs is 2. The van der Waals surface area contributed by atoms with E-state index in [1.807, 2.05) is 5.32 Å². The third-order valence-electron chi connectivity index (χ3n) is 4.66. The van der Waals surface area contributed by atoms with Gasteiger partial charge in [0.05, 0.1) is 6.04 Å². The Balaban J connectivity index is 1.86. The first-order valence-corrected chi connectivity index (χ1v) is 6.38. The number of alkyl halides is 1. The van der Waals surface area contributed by atoms with E-state index in [1.54, 1.807) is 0 Å². The second-order valence-corrected chi connectivity index (χ2v) is 5.68. The first-order valence-electron chi connectivity index (χ1n) is 6.38. The van der Waals surface area contributed by atoms with E-state index >= 15 is 0 Å². The van der Waals surface area contributed by atoms with Gasteiger partial charge in [0.25, 0.3) is 5.91 Å². The first kappa shape index (κ1) is 11.0. The fourth-order valence-electron chi connectivity index (χ4n) is 3.82. The predicted octanol–water partition coefficient (Wildman–Crippen LogP) is 1.65. The zero-order valence-corrected chi connectivity index (χ0v) is 9.72. The van der Waals surface area contributed by atoms with Crippen LogP contribution in [0.2, 0.25) is 0 Å². The summed E-state index contributed by atoms with van der Waals surface area (Å²) in [4.78, 5) is 22.9. The summed E-state index contributed by atoms with van der Waals surface area (Å²) in [6.07, 6.45) is 6.63. The van der Waals surface area contributed by atoms with Crippen LogP contribution < -0.4 is 10.6 Å². The molecule has 2 atom stereocenters. The van der Waals surface area contributed by atoms with Crippen molar-refractivity contribution in [1.82, 2.24) is 10.6 Å². The Morgan fingerprint density at radius 3 is 2.41 bits per heavy atom. The van der Waals surface area contributed by atoms with Crippen molar-refractivity contribution >= 4 is 11.9 Å². The fourth-order valence-corrected chi connectivity index (χ4v) is 3.82. The van der Waals surface area contributed by atoms with Gasteiger partial charge in [-0.3, -0.25) is 10.1 Å². The van der Waals surface area contributed by atoms with Gasteiger partial charge in [-0.25, -0.2) is 9.18 Å². The molecule has 4 nitrogen and oxygen atoms in total. The topological polar surface area (TPSA) is 58.2 Å². The van der Waals surface area contributed by atoms with Gasteiger partial charge in [-0.05, 0) is 18.3 Å². The van der Waals surface area contributed by atoms with Gasteiger partial charge in [0, 0.05) is 6.42 Å². The molecule has 1 spiro atoms. The molecule has 1 aliphatic heterocycles. The molecule has 0 aromatic heterocycles. The minimum Gasteiger partial charge on any atom is -0.331 e. The summed E-state index contributed by atoms with van der Waals surface area (Å²) in [5.74, 6) is -0.749. The Morgan fingerprint density at radius 1 is 1.12 bits per heavy atom. The molecule has 1 heterocycles. The Hall–Kier alpha value is -1.13. The molecule has 2 N–H and O–H groups in total. The van der Waals surface area contributed by atoms with Gasteiger partial charge in [-0.15, -0.1) is 0 Å². The molecule has 0 radical (unpaired) electrons. The Morgan fingerprint density at radius 2 is 1.76 bits per heavy atom. The van der Waals surface area contributed by atoms with Crippen LogP contribution in [0.4, 0.5) is 9.18 Å². The predicted molar refractivity (Wildman–Crippen MR) is 59.1 cm³/mol. The fraction of sp³-hybridized carbons (Fsp3) is 0.833. The highest BCUT2D eigenvalue weighted by Gasteiger charge is 2.69. The summed E-state index contributed by atoms with van der Waals surface area (Å²) in [7, 11) is 0. The monoisotopic (exact) mass is 240 g/mol. The number of halogens is 1. The van der Waals surface area contributed by atoms with Gasteiger partial charge in [-0.1, -0.05) is 25.7 Å². The molecule has 5 heteroatoms. The van der Waals surface area contributed by atoms with E-state index in [4.69, 9.17) is 0 Å². The Kier molecular flexibility index (Phi) is 2.22. The van der Waals surface area contributed by atoms with Gasteiger partial charge in [0.15, 0.2) is 0 Å². The molecule has 0 bridgehead atoms. The number of hydrogen-bond donors (Lipinski definition) is 2. The molecular weight excluding hydrogens is 223 g/mol. The average molecular weight is 240 g/mol. The van der Waals surface area contributed by atoms with Crippen LogP contribution in [-0.4, -0.2) is 23.6 Å². The smallest absolute Gasteiger partial charge is 0.321 e. The van der Waals surface area contributed by atoms with Crippen molar-refractivity contribution in [2.24, 2.45) is 5.41 Å². The van der Waals surface area contributed by atoms with Crippen LogP contribution in [0.15, 0.2) is 0 Å². The second kappa shape index (κ2) is 3.43. The molecule has 2 aliphatic carbocycles. The number of hydrogen-bond acceptors (Lipinski definition) is 2. The molecule has 0 aromatic carbocycles. The van der Waals surface area contributed by atoms with Gasteiger partial charge in [-0.2, -0.15) is 0 Å². The van der Waals surface area contributed by atoms with Crippen molar-refractivity contribution in [3.63, 3.8) is 0 Å². The summed E-state index contributed by atoms with van der Waals surface area (Å²) in [6, 6.07) is -1.15. The molecule has 3 rings (SSSR count). The lowest BCUT2D eigenvalue weighted by molar-refractivity contribution is -0.165. The number of carbonyl (C=O) groups is 2. The number of nitrogens with one attached hydrogen (secondary N) is 2. The third-order valence-corrected chi connectivity index (χ3v) is 4.66. The first-order chi connectivity index (χ1) is 8.07. The van der Waals surface area contributed by atoms with Crippen LogP contribution in [0.25, 0.3) is 0 Å². The Labute approximate surface area is 99.3 Å². The lowest BCUT2D eigenvalue weighted by Gasteiger charge is -2.59. The number of amides is 3. The van der Waals surface area contributed by atoms with E-state index in [1.165, 1.54) is 12.8 Å². The lowest BCUT2D eigenvalue weighted by atomic mass is 9.52. The molecule has 3 amide bonds. The van der Waals surface area contributed by atoms with Gasteiger partial charge < -0.3 is 5.32 Å². The van der Waals surface area contributed by atoms with E-state index in [2.05, 4.69) is 5.32 Å². The molecule has 3 aliphatic rings. The normalized spacial score (nSPS) is 39.7. The van der Waals surface area contributed by atoms with Crippen molar-refractivity contribution in [2.45, 2.75) is 56.7 Å². The van der Waals surface area contributed by atoms with E-state index in [9.17, 15) is 14.0 Å². The Bertz CT molecular complexity index is 377. The van der Waals surface area contributed by atoms with E-state index in [0.717, 1.165) is 25.7 Å². The highest BCUT2D eigenvalue weighted by molar-refractivity contribution is 6.03. The molecular formula is C12H17FN2O2. The minimum atomic E-state index is -1.86. The average Bonchev–Trinajstić information content (AvgIpc) is 2.51. The quantitative estimate of drug-likeness (QED) is 0.676. The largest absolute Gasteiger partial charge is 0.331 e. The standard InChI is InChI=1S/C12H17FN2O2/c13-12-7-11(5-3-1-2-4-6-11)8(12)14-10(17)15-9(12)16/h8H,1-7H2,(H2,14,15,16,17)/t8-,12+/m1/s1. The van der Waals surface area contributed by atoms with Crippen molar-refractivity contribution in [2.75, 3.05) is 0 Å². The third kappa shape index (κ3) is 1.40. The second-order valence-electron chi connectivity index (χ2n) is 5.68. The molecule has 94 valence electrons. The minimum absolute atomic E-state index is 0.168. The van der Waals surface area contributed by atoms with Crippen LogP contribution in [0, 0.1) is 5.41 Å². The zero-order valence-electron chi connectivity index (χ0n) is 9.72. The highest BCUT2D eigenvalue weighted by Crippen LogP contribution is 2.58. The maximum absolute atomic E-state index is 14.5. The number of carbonyl (C=O) groups excluding carboxylic acids is 2. The van der Waals surface area contributed by atoms with Crippen molar-refractivity contribution in [3.05, 3.63) is 0 Å². The van der Waals surface area contributed by atoms with Crippen LogP contribution in [0.3, 0.4) is 0 Å². The summed E-state index contributed by atoms with van der Waals surface area (Å²) in [5, 5.41) is 4.65. The zero-order chi connectivity index (χ0) is 12.1. The van der Waals surface area contributed by atoms with E-state index in [0.29, 0.717) is 0 Å². The van der Waals surface area contributed by atoms with Crippen LogP contribution >= 0.6 is 0 Å². The lowest BCUT2D eigenvalue weighted by Crippen LogP contribution is -2.79. The van der Waals surface area contributed by atoms with Gasteiger partial charge in [0.2, 0.25) is 5.67 Å². The van der Waals surface area contributed by atoms with Gasteiger partial charge >= 0.3 is 6.03 Å². The highest BCUT2D eigenvalue weighted by atomic mass is 19.1. The van der Waals surface area contributed by atoms with E-state index in [-0.39, 0.29) is 11.8 Å². The van der Waals surface area contributed by atoms with E-state index < -0.39 is 23.6 Å². The summed E-state index contributed by atoms with van der Waals surface area (Å²) in [6.45, 7) is 0. The number of urea groups is 1. The molecule has 0 unspecified atom stereocenters. The molecule has 2 saturated carbocycles. The number of imide groups is 1. The van der Waals surface area contributed by atoms with Crippen molar-refractivity contribution in [3.8, 4) is 0 Å². The van der Waals surface area contributed by atoms with Gasteiger partial charge in [0.1, 0.15) is 0 Å². The summed E-state index contributed by atoms with van der Waals surface area (Å²) >= 11 is 0. The van der Waals surface area contributed by atoms with Crippen molar-refractivity contribution in [1.29, 1.82) is 0 Å².